The highest BCUT2D eigenvalue weighted by Gasteiger charge is 2.33. The molecule has 0 rings (SSSR count). The molecule has 0 fully saturated rings. The van der Waals surface area contributed by atoms with Crippen molar-refractivity contribution in [3.8, 4) is 0 Å². The van der Waals surface area contributed by atoms with E-state index < -0.39 is 0 Å². The minimum absolute atomic E-state index is 0.554. The molecule has 0 aliphatic rings. The van der Waals surface area contributed by atoms with Crippen LogP contribution in [0.1, 0.15) is 93.4 Å². The van der Waals surface area contributed by atoms with Gasteiger partial charge in [-0.15, -0.1) is 0 Å². The Hall–Kier alpha value is 0. The Bertz CT molecular complexity index is 196. The number of hydrogen-bond acceptors (Lipinski definition) is 0. The summed E-state index contributed by atoms with van der Waals surface area (Å²) in [5.74, 6) is 0.851. The Balaban J connectivity index is 4.62. The fourth-order valence-corrected chi connectivity index (χ4v) is 3.36. The first-order valence-corrected chi connectivity index (χ1v) is 7.87. The van der Waals surface area contributed by atoms with Gasteiger partial charge in [-0.1, -0.05) is 74.1 Å². The van der Waals surface area contributed by atoms with Crippen molar-refractivity contribution >= 4 is 0 Å². The van der Waals surface area contributed by atoms with Crippen molar-refractivity contribution in [1.29, 1.82) is 0 Å². The molecule has 0 saturated carbocycles. The summed E-state index contributed by atoms with van der Waals surface area (Å²) in [7, 11) is 0. The van der Waals surface area contributed by atoms with Crippen LogP contribution < -0.4 is 0 Å². The predicted molar refractivity (Wildman–Crippen MR) is 80.4 cm³/mol. The maximum Gasteiger partial charge on any atom is -0.0303 e. The van der Waals surface area contributed by atoms with E-state index in [2.05, 4.69) is 48.5 Å². The lowest BCUT2D eigenvalue weighted by Gasteiger charge is -2.40. The van der Waals surface area contributed by atoms with Crippen LogP contribution in [0, 0.1) is 16.7 Å². The summed E-state index contributed by atoms with van der Waals surface area (Å²) in [6.07, 6.45) is 9.49. The second-order valence-corrected chi connectivity index (χ2v) is 6.78. The van der Waals surface area contributed by atoms with Crippen molar-refractivity contribution in [3.05, 3.63) is 0 Å². The lowest BCUT2D eigenvalue weighted by Crippen LogP contribution is -2.30. The minimum Gasteiger partial charge on any atom is -0.0654 e. The van der Waals surface area contributed by atoms with Gasteiger partial charge in [0.2, 0.25) is 0 Å². The van der Waals surface area contributed by atoms with Crippen LogP contribution in [0.3, 0.4) is 0 Å². The van der Waals surface area contributed by atoms with Gasteiger partial charge in [0, 0.05) is 0 Å². The quantitative estimate of drug-likeness (QED) is 0.434. The highest BCUT2D eigenvalue weighted by Crippen LogP contribution is 2.44. The van der Waals surface area contributed by atoms with E-state index >= 15 is 0 Å². The van der Waals surface area contributed by atoms with Gasteiger partial charge in [0.15, 0.2) is 0 Å². The van der Waals surface area contributed by atoms with Gasteiger partial charge in [0.1, 0.15) is 0 Å². The molecule has 0 nitrogen and oxygen atoms in total. The van der Waals surface area contributed by atoms with Gasteiger partial charge >= 0.3 is 0 Å². The Labute approximate surface area is 111 Å². The average molecular weight is 240 g/mol. The highest BCUT2D eigenvalue weighted by atomic mass is 14.4. The second kappa shape index (κ2) is 7.44. The molecular weight excluding hydrogens is 204 g/mol. The van der Waals surface area contributed by atoms with Crippen molar-refractivity contribution < 1.29 is 0 Å². The molecule has 0 heteroatoms. The molecule has 0 N–H and O–H groups in total. The third-order valence-corrected chi connectivity index (χ3v) is 5.32. The zero-order valence-electron chi connectivity index (χ0n) is 13.5. The maximum atomic E-state index is 2.50. The van der Waals surface area contributed by atoms with Crippen LogP contribution in [0.2, 0.25) is 0 Å². The summed E-state index contributed by atoms with van der Waals surface area (Å²) in [4.78, 5) is 0. The molecule has 3 atom stereocenters. The van der Waals surface area contributed by atoms with Gasteiger partial charge in [-0.25, -0.2) is 0 Å². The van der Waals surface area contributed by atoms with E-state index in [1.807, 2.05) is 0 Å². The van der Waals surface area contributed by atoms with E-state index in [1.165, 1.54) is 44.9 Å². The van der Waals surface area contributed by atoms with E-state index in [9.17, 15) is 0 Å². The molecule has 0 aromatic heterocycles. The zero-order chi connectivity index (χ0) is 13.5. The molecule has 0 spiro atoms. The summed E-state index contributed by atoms with van der Waals surface area (Å²) in [5, 5.41) is 0. The van der Waals surface area contributed by atoms with Crippen molar-refractivity contribution in [1.82, 2.24) is 0 Å². The molecule has 0 amide bonds. The molecule has 0 radical (unpaired) electrons. The molecule has 0 saturated heterocycles. The first-order chi connectivity index (χ1) is 7.87. The highest BCUT2D eigenvalue weighted by molar-refractivity contribution is 4.84. The number of rotatable bonds is 9. The third kappa shape index (κ3) is 5.02. The SMILES string of the molecule is CCCC(C)(CC)CC(C)C(C)(CC)CCC. The summed E-state index contributed by atoms with van der Waals surface area (Å²) < 4.78 is 0. The molecule has 0 bridgehead atoms. The van der Waals surface area contributed by atoms with Crippen molar-refractivity contribution in [2.24, 2.45) is 16.7 Å². The van der Waals surface area contributed by atoms with E-state index in [-0.39, 0.29) is 0 Å². The van der Waals surface area contributed by atoms with E-state index in [1.54, 1.807) is 0 Å². The molecule has 0 aliphatic heterocycles. The van der Waals surface area contributed by atoms with Gasteiger partial charge in [-0.3, -0.25) is 0 Å². The fourth-order valence-electron chi connectivity index (χ4n) is 3.36. The van der Waals surface area contributed by atoms with Gasteiger partial charge in [-0.05, 0) is 36.0 Å². The van der Waals surface area contributed by atoms with Gasteiger partial charge in [-0.2, -0.15) is 0 Å². The van der Waals surface area contributed by atoms with E-state index in [0.29, 0.717) is 10.8 Å². The molecule has 0 aliphatic carbocycles. The van der Waals surface area contributed by atoms with Crippen LogP contribution in [0.25, 0.3) is 0 Å². The van der Waals surface area contributed by atoms with Gasteiger partial charge in [0.05, 0.1) is 0 Å². The van der Waals surface area contributed by atoms with Crippen LogP contribution in [0.4, 0.5) is 0 Å². The molecule has 0 aromatic rings. The Kier molecular flexibility index (Phi) is 7.44. The largest absolute Gasteiger partial charge is 0.0654 e. The molecular formula is C17H36. The topological polar surface area (TPSA) is 0 Å². The second-order valence-electron chi connectivity index (χ2n) is 6.78. The van der Waals surface area contributed by atoms with Crippen LogP contribution >= 0.6 is 0 Å². The Morgan fingerprint density at radius 2 is 1.35 bits per heavy atom. The Morgan fingerprint density at radius 3 is 1.71 bits per heavy atom. The van der Waals surface area contributed by atoms with Gasteiger partial charge < -0.3 is 0 Å². The number of hydrogen-bond donors (Lipinski definition) is 0. The van der Waals surface area contributed by atoms with Crippen LogP contribution in [-0.4, -0.2) is 0 Å². The first-order valence-electron chi connectivity index (χ1n) is 7.87. The first kappa shape index (κ1) is 17.0. The van der Waals surface area contributed by atoms with Crippen LogP contribution in [-0.2, 0) is 0 Å². The third-order valence-electron chi connectivity index (χ3n) is 5.32. The maximum absolute atomic E-state index is 2.50. The summed E-state index contributed by atoms with van der Waals surface area (Å²) in [6.45, 7) is 16.9. The monoisotopic (exact) mass is 240 g/mol. The summed E-state index contributed by atoms with van der Waals surface area (Å²) >= 11 is 0. The van der Waals surface area contributed by atoms with Crippen LogP contribution in [0.5, 0.6) is 0 Å². The minimum atomic E-state index is 0.554. The summed E-state index contributed by atoms with van der Waals surface area (Å²) in [6, 6.07) is 0. The lowest BCUT2D eigenvalue weighted by molar-refractivity contribution is 0.102. The average Bonchev–Trinajstić information content (AvgIpc) is 2.29. The normalized spacial score (nSPS) is 20.6. The Morgan fingerprint density at radius 1 is 0.824 bits per heavy atom. The molecule has 17 heavy (non-hydrogen) atoms. The lowest BCUT2D eigenvalue weighted by atomic mass is 9.65. The van der Waals surface area contributed by atoms with E-state index in [0.717, 1.165) is 5.92 Å². The van der Waals surface area contributed by atoms with Crippen molar-refractivity contribution in [2.45, 2.75) is 93.4 Å². The smallest absolute Gasteiger partial charge is 0.0303 e. The van der Waals surface area contributed by atoms with Crippen molar-refractivity contribution in [3.63, 3.8) is 0 Å². The van der Waals surface area contributed by atoms with Gasteiger partial charge in [0.25, 0.3) is 0 Å². The standard InChI is InChI=1S/C17H36/c1-8-12-16(6,10-3)14-15(5)17(7,11-4)13-9-2/h15H,8-14H2,1-7H3. The van der Waals surface area contributed by atoms with E-state index in [4.69, 9.17) is 0 Å². The fraction of sp³-hybridized carbons (Fsp3) is 1.00. The van der Waals surface area contributed by atoms with Crippen molar-refractivity contribution in [2.75, 3.05) is 0 Å². The molecule has 0 aromatic carbocycles. The summed E-state index contributed by atoms with van der Waals surface area (Å²) in [5.41, 5.74) is 1.12. The molecule has 0 heterocycles. The predicted octanol–water partition coefficient (Wildman–Crippen LogP) is 6.45. The molecule has 104 valence electrons. The molecule has 3 unspecified atom stereocenters. The van der Waals surface area contributed by atoms with Crippen LogP contribution in [0.15, 0.2) is 0 Å². The zero-order valence-corrected chi connectivity index (χ0v) is 13.5.